The molecule has 2 aromatic carbocycles. The number of nitriles is 1. The fourth-order valence-corrected chi connectivity index (χ4v) is 4.18. The summed E-state index contributed by atoms with van der Waals surface area (Å²) in [5, 5.41) is 9.48. The number of para-hydroxylation sites is 1. The van der Waals surface area contributed by atoms with Gasteiger partial charge in [0.1, 0.15) is 6.07 Å². The van der Waals surface area contributed by atoms with Crippen molar-refractivity contribution in [2.45, 2.75) is 19.3 Å². The molecule has 0 aromatic heterocycles. The van der Waals surface area contributed by atoms with Crippen LogP contribution in [0, 0.1) is 17.2 Å². The zero-order valence-electron chi connectivity index (χ0n) is 14.5. The lowest BCUT2D eigenvalue weighted by Gasteiger charge is -2.34. The second-order valence-corrected chi connectivity index (χ2v) is 7.31. The second-order valence-electron chi connectivity index (χ2n) is 6.91. The van der Waals surface area contributed by atoms with Crippen molar-refractivity contribution in [1.29, 1.82) is 5.26 Å². The van der Waals surface area contributed by atoms with Crippen LogP contribution in [-0.4, -0.2) is 25.5 Å². The Morgan fingerprint density at radius 1 is 1.12 bits per heavy atom. The summed E-state index contributed by atoms with van der Waals surface area (Å²) in [4.78, 5) is 17.2. The van der Waals surface area contributed by atoms with Crippen LogP contribution in [0.1, 0.15) is 24.0 Å². The summed E-state index contributed by atoms with van der Waals surface area (Å²) < 4.78 is 0. The molecule has 5 heteroatoms. The minimum absolute atomic E-state index is 0.0752. The highest BCUT2D eigenvalue weighted by molar-refractivity contribution is 6.32. The summed E-state index contributed by atoms with van der Waals surface area (Å²) in [5.74, 6) is 0.332. The number of nitrogens with zero attached hydrogens (tertiary/aromatic N) is 3. The van der Waals surface area contributed by atoms with Gasteiger partial charge < -0.3 is 9.80 Å². The maximum absolute atomic E-state index is 13.0. The summed E-state index contributed by atoms with van der Waals surface area (Å²) in [6.07, 6.45) is 2.63. The molecule has 2 aliphatic rings. The van der Waals surface area contributed by atoms with Crippen molar-refractivity contribution in [3.8, 4) is 6.07 Å². The van der Waals surface area contributed by atoms with Crippen molar-refractivity contribution in [3.05, 3.63) is 58.6 Å². The fourth-order valence-electron chi connectivity index (χ4n) is 3.96. The maximum Gasteiger partial charge on any atom is 0.230 e. The van der Waals surface area contributed by atoms with E-state index in [1.165, 1.54) is 5.56 Å². The van der Waals surface area contributed by atoms with Crippen molar-refractivity contribution in [2.24, 2.45) is 5.92 Å². The van der Waals surface area contributed by atoms with Crippen molar-refractivity contribution >= 4 is 28.9 Å². The monoisotopic (exact) mass is 365 g/mol. The third kappa shape index (κ3) is 3.04. The van der Waals surface area contributed by atoms with Crippen LogP contribution in [0.5, 0.6) is 0 Å². The second kappa shape index (κ2) is 7.01. The molecule has 0 atom stereocenters. The molecule has 0 unspecified atom stereocenters. The Hall–Kier alpha value is -2.51. The van der Waals surface area contributed by atoms with E-state index in [0.29, 0.717) is 10.6 Å². The van der Waals surface area contributed by atoms with Crippen LogP contribution in [-0.2, 0) is 11.2 Å². The van der Waals surface area contributed by atoms with Gasteiger partial charge in [0.15, 0.2) is 0 Å². The standard InChI is InChI=1S/C21H20ClN3O/c22-19-13-18(6-5-17(19)14-23)24-10-7-16(8-11-24)21(26)25-12-9-15-3-1-2-4-20(15)25/h1-6,13,16H,7-12H2. The summed E-state index contributed by atoms with van der Waals surface area (Å²) in [6.45, 7) is 2.45. The van der Waals surface area contributed by atoms with E-state index >= 15 is 0 Å². The predicted molar refractivity (Wildman–Crippen MR) is 104 cm³/mol. The summed E-state index contributed by atoms with van der Waals surface area (Å²) in [5.41, 5.74) is 3.86. The topological polar surface area (TPSA) is 47.3 Å². The average Bonchev–Trinajstić information content (AvgIpc) is 3.11. The summed E-state index contributed by atoms with van der Waals surface area (Å²) in [6, 6.07) is 15.8. The van der Waals surface area contributed by atoms with E-state index in [1.54, 1.807) is 6.07 Å². The van der Waals surface area contributed by atoms with Gasteiger partial charge in [-0.05, 0) is 49.1 Å². The molecular weight excluding hydrogens is 346 g/mol. The number of rotatable bonds is 2. The zero-order chi connectivity index (χ0) is 18.1. The minimum Gasteiger partial charge on any atom is -0.371 e. The Bertz CT molecular complexity index is 881. The van der Waals surface area contributed by atoms with Gasteiger partial charge >= 0.3 is 0 Å². The number of halogens is 1. The average molecular weight is 366 g/mol. The first kappa shape index (κ1) is 16.9. The molecule has 1 amide bonds. The smallest absolute Gasteiger partial charge is 0.230 e. The van der Waals surface area contributed by atoms with Crippen LogP contribution < -0.4 is 9.80 Å². The van der Waals surface area contributed by atoms with Gasteiger partial charge in [-0.2, -0.15) is 5.26 Å². The van der Waals surface area contributed by atoms with Gasteiger partial charge in [-0.15, -0.1) is 0 Å². The highest BCUT2D eigenvalue weighted by atomic mass is 35.5. The molecule has 0 spiro atoms. The number of carbonyl (C=O) groups is 1. The Labute approximate surface area is 158 Å². The molecule has 26 heavy (non-hydrogen) atoms. The van der Waals surface area contributed by atoms with Gasteiger partial charge in [0, 0.05) is 36.9 Å². The van der Waals surface area contributed by atoms with Crippen LogP contribution >= 0.6 is 11.6 Å². The van der Waals surface area contributed by atoms with E-state index in [-0.39, 0.29) is 11.8 Å². The van der Waals surface area contributed by atoms with Crippen molar-refractivity contribution in [3.63, 3.8) is 0 Å². The Morgan fingerprint density at radius 3 is 2.62 bits per heavy atom. The molecule has 2 aliphatic heterocycles. The highest BCUT2D eigenvalue weighted by Gasteiger charge is 2.32. The Balaban J connectivity index is 1.42. The molecule has 0 saturated carbocycles. The molecule has 2 heterocycles. The molecular formula is C21H20ClN3O. The van der Waals surface area contributed by atoms with Gasteiger partial charge in [-0.1, -0.05) is 29.8 Å². The summed E-state index contributed by atoms with van der Waals surface area (Å²) in [7, 11) is 0. The number of piperidine rings is 1. The van der Waals surface area contributed by atoms with Gasteiger partial charge in [-0.3, -0.25) is 4.79 Å². The number of hydrogen-bond donors (Lipinski definition) is 0. The maximum atomic E-state index is 13.0. The lowest BCUT2D eigenvalue weighted by molar-refractivity contribution is -0.122. The largest absolute Gasteiger partial charge is 0.371 e. The summed E-state index contributed by atoms with van der Waals surface area (Å²) >= 11 is 6.15. The van der Waals surface area contributed by atoms with E-state index in [9.17, 15) is 4.79 Å². The van der Waals surface area contributed by atoms with E-state index in [4.69, 9.17) is 16.9 Å². The van der Waals surface area contributed by atoms with Gasteiger partial charge in [0.25, 0.3) is 0 Å². The van der Waals surface area contributed by atoms with E-state index in [0.717, 1.165) is 50.3 Å². The molecule has 1 fully saturated rings. The van der Waals surface area contributed by atoms with Crippen molar-refractivity contribution < 1.29 is 4.79 Å². The molecule has 4 rings (SSSR count). The zero-order valence-corrected chi connectivity index (χ0v) is 15.2. The third-order valence-electron chi connectivity index (χ3n) is 5.44. The lowest BCUT2D eigenvalue weighted by Crippen LogP contribution is -2.42. The van der Waals surface area contributed by atoms with Gasteiger partial charge in [0.05, 0.1) is 10.6 Å². The highest BCUT2D eigenvalue weighted by Crippen LogP contribution is 2.32. The predicted octanol–water partition coefficient (Wildman–Crippen LogP) is 4.02. The minimum atomic E-state index is 0.0752. The van der Waals surface area contributed by atoms with Crippen LogP contribution in [0.3, 0.4) is 0 Å². The number of anilines is 2. The molecule has 4 nitrogen and oxygen atoms in total. The number of carbonyl (C=O) groups excluding carboxylic acids is 1. The molecule has 0 bridgehead atoms. The molecule has 0 N–H and O–H groups in total. The number of fused-ring (bicyclic) bond motifs is 1. The SMILES string of the molecule is N#Cc1ccc(N2CCC(C(=O)N3CCc4ccccc43)CC2)cc1Cl. The van der Waals surface area contributed by atoms with Crippen molar-refractivity contribution in [2.75, 3.05) is 29.4 Å². The third-order valence-corrected chi connectivity index (χ3v) is 5.75. The van der Waals surface area contributed by atoms with Crippen LogP contribution in [0.4, 0.5) is 11.4 Å². The Kier molecular flexibility index (Phi) is 4.57. The van der Waals surface area contributed by atoms with Crippen LogP contribution in [0.2, 0.25) is 5.02 Å². The molecule has 132 valence electrons. The lowest BCUT2D eigenvalue weighted by atomic mass is 9.94. The first-order valence-corrected chi connectivity index (χ1v) is 9.39. The van der Waals surface area contributed by atoms with E-state index in [1.807, 2.05) is 35.2 Å². The number of amides is 1. The number of benzene rings is 2. The molecule has 0 radical (unpaired) electrons. The van der Waals surface area contributed by atoms with Crippen molar-refractivity contribution in [1.82, 2.24) is 0 Å². The fraction of sp³-hybridized carbons (Fsp3) is 0.333. The number of hydrogen-bond acceptors (Lipinski definition) is 3. The van der Waals surface area contributed by atoms with E-state index < -0.39 is 0 Å². The van der Waals surface area contributed by atoms with Gasteiger partial charge in [-0.25, -0.2) is 0 Å². The first-order valence-electron chi connectivity index (χ1n) is 9.01. The van der Waals surface area contributed by atoms with E-state index in [2.05, 4.69) is 17.0 Å². The quantitative estimate of drug-likeness (QED) is 0.807. The first-order chi connectivity index (χ1) is 12.7. The van der Waals surface area contributed by atoms with Gasteiger partial charge in [0.2, 0.25) is 5.91 Å². The molecule has 0 aliphatic carbocycles. The van der Waals surface area contributed by atoms with Crippen LogP contribution in [0.25, 0.3) is 0 Å². The Morgan fingerprint density at radius 2 is 1.88 bits per heavy atom. The molecule has 1 saturated heterocycles. The van der Waals surface area contributed by atoms with Crippen LogP contribution in [0.15, 0.2) is 42.5 Å². The molecule has 2 aromatic rings. The normalized spacial score (nSPS) is 17.1.